The fourth-order valence-corrected chi connectivity index (χ4v) is 2.95. The lowest BCUT2D eigenvalue weighted by molar-refractivity contribution is 0.0517. The van der Waals surface area contributed by atoms with Gasteiger partial charge in [0.1, 0.15) is 0 Å². The SMILES string of the molecule is CCN1CCC2(CC1)COC(C(C)C)C2. The van der Waals surface area contributed by atoms with Crippen LogP contribution in [0.1, 0.15) is 40.0 Å². The Kier molecular flexibility index (Phi) is 3.36. The molecule has 1 spiro atoms. The predicted octanol–water partition coefficient (Wildman–Crippen LogP) is 2.53. The smallest absolute Gasteiger partial charge is 0.0604 e. The van der Waals surface area contributed by atoms with Crippen molar-refractivity contribution in [2.45, 2.75) is 46.1 Å². The van der Waals surface area contributed by atoms with Crippen LogP contribution in [0.15, 0.2) is 0 Å². The van der Waals surface area contributed by atoms with E-state index in [1.165, 1.54) is 38.9 Å². The second-order valence-electron chi connectivity index (χ2n) is 5.73. The van der Waals surface area contributed by atoms with E-state index in [4.69, 9.17) is 4.74 Å². The molecule has 2 heterocycles. The van der Waals surface area contributed by atoms with Crippen molar-refractivity contribution in [3.8, 4) is 0 Å². The van der Waals surface area contributed by atoms with Crippen molar-refractivity contribution < 1.29 is 4.74 Å². The molecule has 0 aliphatic carbocycles. The van der Waals surface area contributed by atoms with E-state index in [1.54, 1.807) is 0 Å². The number of ether oxygens (including phenoxy) is 1. The minimum absolute atomic E-state index is 0.526. The van der Waals surface area contributed by atoms with Gasteiger partial charge in [0.25, 0.3) is 0 Å². The van der Waals surface area contributed by atoms with Gasteiger partial charge in [0.2, 0.25) is 0 Å². The van der Waals surface area contributed by atoms with Crippen molar-refractivity contribution in [2.75, 3.05) is 26.2 Å². The summed E-state index contributed by atoms with van der Waals surface area (Å²) in [4.78, 5) is 2.56. The fraction of sp³-hybridized carbons (Fsp3) is 1.00. The topological polar surface area (TPSA) is 12.5 Å². The van der Waals surface area contributed by atoms with E-state index in [0.29, 0.717) is 17.4 Å². The number of nitrogens with zero attached hydrogens (tertiary/aromatic N) is 1. The minimum Gasteiger partial charge on any atom is -0.377 e. The van der Waals surface area contributed by atoms with Crippen LogP contribution in [0, 0.1) is 11.3 Å². The minimum atomic E-state index is 0.526. The Morgan fingerprint density at radius 1 is 1.33 bits per heavy atom. The summed E-state index contributed by atoms with van der Waals surface area (Å²) in [7, 11) is 0. The molecule has 2 nitrogen and oxygen atoms in total. The predicted molar refractivity (Wildman–Crippen MR) is 63.0 cm³/mol. The maximum absolute atomic E-state index is 5.96. The molecule has 2 rings (SSSR count). The van der Waals surface area contributed by atoms with Gasteiger partial charge in [-0.2, -0.15) is 0 Å². The molecule has 0 radical (unpaired) electrons. The third-order valence-corrected chi connectivity index (χ3v) is 4.35. The summed E-state index contributed by atoms with van der Waals surface area (Å²) in [6.07, 6.45) is 4.54. The Morgan fingerprint density at radius 2 is 2.00 bits per heavy atom. The highest BCUT2D eigenvalue weighted by atomic mass is 16.5. The first kappa shape index (κ1) is 11.4. The molecule has 1 unspecified atom stereocenters. The molecule has 0 N–H and O–H groups in total. The average molecular weight is 211 g/mol. The monoisotopic (exact) mass is 211 g/mol. The fourth-order valence-electron chi connectivity index (χ4n) is 2.95. The molecule has 0 bridgehead atoms. The van der Waals surface area contributed by atoms with Crippen molar-refractivity contribution >= 4 is 0 Å². The molecule has 2 aliphatic heterocycles. The summed E-state index contributed by atoms with van der Waals surface area (Å²) in [5, 5.41) is 0. The van der Waals surface area contributed by atoms with Crippen LogP contribution in [0.4, 0.5) is 0 Å². The summed E-state index contributed by atoms with van der Waals surface area (Å²) < 4.78 is 5.96. The molecule has 2 aliphatic rings. The molecule has 0 aromatic heterocycles. The molecule has 15 heavy (non-hydrogen) atoms. The molecule has 1 atom stereocenters. The first-order valence-electron chi connectivity index (χ1n) is 6.49. The Morgan fingerprint density at radius 3 is 2.47 bits per heavy atom. The van der Waals surface area contributed by atoms with Crippen molar-refractivity contribution in [2.24, 2.45) is 11.3 Å². The summed E-state index contributed by atoms with van der Waals surface area (Å²) in [5.74, 6) is 0.688. The highest BCUT2D eigenvalue weighted by Gasteiger charge is 2.42. The quantitative estimate of drug-likeness (QED) is 0.696. The normalized spacial score (nSPS) is 31.6. The van der Waals surface area contributed by atoms with Gasteiger partial charge in [0.05, 0.1) is 12.7 Å². The van der Waals surface area contributed by atoms with E-state index in [9.17, 15) is 0 Å². The number of piperidine rings is 1. The van der Waals surface area contributed by atoms with Gasteiger partial charge in [-0.15, -0.1) is 0 Å². The van der Waals surface area contributed by atoms with E-state index in [2.05, 4.69) is 25.7 Å². The molecular weight excluding hydrogens is 186 g/mol. The van der Waals surface area contributed by atoms with Gasteiger partial charge >= 0.3 is 0 Å². The molecule has 0 aromatic rings. The van der Waals surface area contributed by atoms with E-state index >= 15 is 0 Å². The lowest BCUT2D eigenvalue weighted by atomic mass is 9.75. The Balaban J connectivity index is 1.89. The van der Waals surface area contributed by atoms with Crippen LogP contribution in [-0.4, -0.2) is 37.2 Å². The van der Waals surface area contributed by atoms with Crippen LogP contribution < -0.4 is 0 Å². The van der Waals surface area contributed by atoms with Crippen LogP contribution in [0.25, 0.3) is 0 Å². The Hall–Kier alpha value is -0.0800. The van der Waals surface area contributed by atoms with E-state index in [-0.39, 0.29) is 0 Å². The van der Waals surface area contributed by atoms with Crippen LogP contribution in [0.5, 0.6) is 0 Å². The van der Waals surface area contributed by atoms with Gasteiger partial charge in [-0.25, -0.2) is 0 Å². The molecule has 2 saturated heterocycles. The molecule has 0 aromatic carbocycles. The lowest BCUT2D eigenvalue weighted by Crippen LogP contribution is -2.40. The summed E-state index contributed by atoms with van der Waals surface area (Å²) in [6, 6.07) is 0. The van der Waals surface area contributed by atoms with E-state index < -0.39 is 0 Å². The lowest BCUT2D eigenvalue weighted by Gasteiger charge is -2.38. The summed E-state index contributed by atoms with van der Waals surface area (Å²) in [6.45, 7) is 11.6. The van der Waals surface area contributed by atoms with Gasteiger partial charge in [-0.05, 0) is 50.2 Å². The summed E-state index contributed by atoms with van der Waals surface area (Å²) in [5.41, 5.74) is 0.542. The first-order valence-corrected chi connectivity index (χ1v) is 6.49. The van der Waals surface area contributed by atoms with Crippen molar-refractivity contribution in [3.05, 3.63) is 0 Å². The van der Waals surface area contributed by atoms with Gasteiger partial charge < -0.3 is 9.64 Å². The van der Waals surface area contributed by atoms with Gasteiger partial charge in [0.15, 0.2) is 0 Å². The van der Waals surface area contributed by atoms with Crippen LogP contribution in [-0.2, 0) is 4.74 Å². The molecule has 2 fully saturated rings. The zero-order valence-corrected chi connectivity index (χ0v) is 10.5. The van der Waals surface area contributed by atoms with Gasteiger partial charge in [-0.1, -0.05) is 20.8 Å². The number of hydrogen-bond acceptors (Lipinski definition) is 2. The highest BCUT2D eigenvalue weighted by Crippen LogP contribution is 2.43. The van der Waals surface area contributed by atoms with Gasteiger partial charge in [0, 0.05) is 0 Å². The zero-order valence-electron chi connectivity index (χ0n) is 10.5. The zero-order chi connectivity index (χ0) is 10.9. The number of rotatable bonds is 2. The maximum atomic E-state index is 5.96. The Bertz CT molecular complexity index is 207. The van der Waals surface area contributed by atoms with Crippen molar-refractivity contribution in [1.82, 2.24) is 4.90 Å². The number of hydrogen-bond donors (Lipinski definition) is 0. The van der Waals surface area contributed by atoms with E-state index in [0.717, 1.165) is 6.61 Å². The molecule has 0 saturated carbocycles. The van der Waals surface area contributed by atoms with Crippen LogP contribution in [0.3, 0.4) is 0 Å². The summed E-state index contributed by atoms with van der Waals surface area (Å²) >= 11 is 0. The maximum Gasteiger partial charge on any atom is 0.0604 e. The second-order valence-corrected chi connectivity index (χ2v) is 5.73. The van der Waals surface area contributed by atoms with Gasteiger partial charge in [-0.3, -0.25) is 0 Å². The standard InChI is InChI=1S/C13H25NO/c1-4-14-7-5-13(6-8-14)9-12(11(2)3)15-10-13/h11-12H,4-10H2,1-3H3. The second kappa shape index (κ2) is 4.42. The number of likely N-dealkylation sites (tertiary alicyclic amines) is 1. The van der Waals surface area contributed by atoms with E-state index in [1.807, 2.05) is 0 Å². The van der Waals surface area contributed by atoms with Crippen LogP contribution in [0.2, 0.25) is 0 Å². The largest absolute Gasteiger partial charge is 0.377 e. The molecule has 88 valence electrons. The third-order valence-electron chi connectivity index (χ3n) is 4.35. The third kappa shape index (κ3) is 2.36. The van der Waals surface area contributed by atoms with Crippen molar-refractivity contribution in [1.29, 1.82) is 0 Å². The first-order chi connectivity index (χ1) is 7.15. The molecule has 0 amide bonds. The van der Waals surface area contributed by atoms with Crippen molar-refractivity contribution in [3.63, 3.8) is 0 Å². The molecule has 2 heteroatoms. The van der Waals surface area contributed by atoms with Crippen LogP contribution >= 0.6 is 0 Å². The average Bonchev–Trinajstić information content (AvgIpc) is 2.64. The molecular formula is C13H25NO. The highest BCUT2D eigenvalue weighted by molar-refractivity contribution is 4.92. The Labute approximate surface area is 94.0 Å².